The summed E-state index contributed by atoms with van der Waals surface area (Å²) in [6.07, 6.45) is 0. The summed E-state index contributed by atoms with van der Waals surface area (Å²) in [5, 5.41) is 0. The number of rotatable bonds is 2. The Morgan fingerprint density at radius 2 is 1.59 bits per heavy atom. The van der Waals surface area contributed by atoms with Crippen LogP contribution in [0.25, 0.3) is 11.1 Å². The molecule has 0 fully saturated rings. The second-order valence-corrected chi connectivity index (χ2v) is 3.92. The van der Waals surface area contributed by atoms with Gasteiger partial charge in [0, 0.05) is 6.04 Å². The Morgan fingerprint density at radius 1 is 1.00 bits per heavy atom. The first kappa shape index (κ1) is 13.7. The number of halogens is 2. The van der Waals surface area contributed by atoms with Gasteiger partial charge < -0.3 is 5.73 Å². The first-order valence-electron chi connectivity index (χ1n) is 5.28. The Morgan fingerprint density at radius 3 is 2.18 bits per heavy atom. The van der Waals surface area contributed by atoms with Crippen LogP contribution in [-0.2, 0) is 0 Å². The molecule has 2 N–H and O–H groups in total. The maximum Gasteiger partial charge on any atom is 0.123 e. The van der Waals surface area contributed by atoms with E-state index in [-0.39, 0.29) is 24.3 Å². The van der Waals surface area contributed by atoms with E-state index in [0.29, 0.717) is 0 Å². The highest BCUT2D eigenvalue weighted by molar-refractivity contribution is 5.85. The highest BCUT2D eigenvalue weighted by Gasteiger charge is 2.03. The molecule has 90 valence electrons. The van der Waals surface area contributed by atoms with E-state index in [2.05, 4.69) is 0 Å². The molecule has 0 bridgehead atoms. The highest BCUT2D eigenvalue weighted by Crippen LogP contribution is 2.22. The normalized spacial score (nSPS) is 11.7. The molecule has 0 aromatic heterocycles. The first-order valence-corrected chi connectivity index (χ1v) is 5.28. The van der Waals surface area contributed by atoms with E-state index in [0.717, 1.165) is 16.7 Å². The minimum absolute atomic E-state index is 0. The Labute approximate surface area is 107 Å². The predicted molar refractivity (Wildman–Crippen MR) is 71.7 cm³/mol. The lowest BCUT2D eigenvalue weighted by molar-refractivity contribution is 0.628. The van der Waals surface area contributed by atoms with Crippen LogP contribution in [0.2, 0.25) is 0 Å². The van der Waals surface area contributed by atoms with Gasteiger partial charge in [-0.2, -0.15) is 0 Å². The minimum atomic E-state index is -0.219. The zero-order chi connectivity index (χ0) is 11.5. The molecule has 0 saturated heterocycles. The summed E-state index contributed by atoms with van der Waals surface area (Å²) < 4.78 is 13.1. The van der Waals surface area contributed by atoms with Gasteiger partial charge in [-0.15, -0.1) is 12.4 Å². The average Bonchev–Trinajstić information content (AvgIpc) is 2.29. The SMILES string of the molecule is CC(N)c1cccc(-c2cccc(F)c2)c1.Cl. The highest BCUT2D eigenvalue weighted by atomic mass is 35.5. The lowest BCUT2D eigenvalue weighted by Crippen LogP contribution is -2.04. The number of benzene rings is 2. The molecule has 0 aliphatic rings. The molecule has 1 nitrogen and oxygen atoms in total. The first-order chi connectivity index (χ1) is 7.66. The molecule has 0 amide bonds. The van der Waals surface area contributed by atoms with Gasteiger partial charge in [-0.25, -0.2) is 4.39 Å². The van der Waals surface area contributed by atoms with Gasteiger partial charge in [0.05, 0.1) is 0 Å². The van der Waals surface area contributed by atoms with Crippen LogP contribution in [-0.4, -0.2) is 0 Å². The lowest BCUT2D eigenvalue weighted by atomic mass is 10.0. The lowest BCUT2D eigenvalue weighted by Gasteiger charge is -2.08. The molecule has 17 heavy (non-hydrogen) atoms. The molecule has 0 radical (unpaired) electrons. The minimum Gasteiger partial charge on any atom is -0.324 e. The van der Waals surface area contributed by atoms with Crippen LogP contribution in [0.15, 0.2) is 48.5 Å². The van der Waals surface area contributed by atoms with Gasteiger partial charge >= 0.3 is 0 Å². The van der Waals surface area contributed by atoms with Crippen molar-refractivity contribution >= 4 is 12.4 Å². The van der Waals surface area contributed by atoms with Crippen molar-refractivity contribution in [1.82, 2.24) is 0 Å². The largest absolute Gasteiger partial charge is 0.324 e. The van der Waals surface area contributed by atoms with Gasteiger partial charge in [0.2, 0.25) is 0 Å². The van der Waals surface area contributed by atoms with Crippen LogP contribution in [0.1, 0.15) is 18.5 Å². The quantitative estimate of drug-likeness (QED) is 0.860. The zero-order valence-electron chi connectivity index (χ0n) is 9.56. The standard InChI is InChI=1S/C14H14FN.ClH/c1-10(16)11-4-2-5-12(8-11)13-6-3-7-14(15)9-13;/h2-10H,16H2,1H3;1H. The van der Waals surface area contributed by atoms with Crippen molar-refractivity contribution in [2.24, 2.45) is 5.73 Å². The van der Waals surface area contributed by atoms with Crippen molar-refractivity contribution < 1.29 is 4.39 Å². The molecule has 0 heterocycles. The van der Waals surface area contributed by atoms with Gasteiger partial charge in [0.25, 0.3) is 0 Å². The molecule has 2 aromatic rings. The molecule has 2 rings (SSSR count). The summed E-state index contributed by atoms with van der Waals surface area (Å²) in [5.74, 6) is -0.219. The molecule has 1 atom stereocenters. The molecule has 2 aromatic carbocycles. The molecule has 0 spiro atoms. The third-order valence-electron chi connectivity index (χ3n) is 2.57. The summed E-state index contributed by atoms with van der Waals surface area (Å²) in [4.78, 5) is 0. The fraction of sp³-hybridized carbons (Fsp3) is 0.143. The number of hydrogen-bond donors (Lipinski definition) is 1. The summed E-state index contributed by atoms with van der Waals surface area (Å²) in [6, 6.07) is 14.5. The van der Waals surface area contributed by atoms with Crippen LogP contribution in [0.4, 0.5) is 4.39 Å². The molecule has 3 heteroatoms. The van der Waals surface area contributed by atoms with E-state index in [1.165, 1.54) is 12.1 Å². The van der Waals surface area contributed by atoms with Crippen molar-refractivity contribution in [2.75, 3.05) is 0 Å². The van der Waals surface area contributed by atoms with E-state index < -0.39 is 0 Å². The summed E-state index contributed by atoms with van der Waals surface area (Å²) in [6.45, 7) is 1.94. The summed E-state index contributed by atoms with van der Waals surface area (Å²) in [7, 11) is 0. The summed E-state index contributed by atoms with van der Waals surface area (Å²) >= 11 is 0. The molecular weight excluding hydrogens is 237 g/mol. The van der Waals surface area contributed by atoms with Crippen LogP contribution >= 0.6 is 12.4 Å². The van der Waals surface area contributed by atoms with E-state index >= 15 is 0 Å². The molecular formula is C14H15ClFN. The fourth-order valence-corrected chi connectivity index (χ4v) is 1.67. The predicted octanol–water partition coefficient (Wildman–Crippen LogP) is 3.93. The number of nitrogens with two attached hydrogens (primary N) is 1. The van der Waals surface area contributed by atoms with Crippen molar-refractivity contribution in [3.05, 3.63) is 59.9 Å². The Hall–Kier alpha value is -1.38. The van der Waals surface area contributed by atoms with Crippen molar-refractivity contribution in [1.29, 1.82) is 0 Å². The third-order valence-corrected chi connectivity index (χ3v) is 2.57. The van der Waals surface area contributed by atoms with Crippen molar-refractivity contribution in [3.8, 4) is 11.1 Å². The monoisotopic (exact) mass is 251 g/mol. The topological polar surface area (TPSA) is 26.0 Å². The molecule has 0 aliphatic carbocycles. The average molecular weight is 252 g/mol. The van der Waals surface area contributed by atoms with Gasteiger partial charge in [0.15, 0.2) is 0 Å². The van der Waals surface area contributed by atoms with Crippen LogP contribution in [0.3, 0.4) is 0 Å². The van der Waals surface area contributed by atoms with E-state index in [9.17, 15) is 4.39 Å². The van der Waals surface area contributed by atoms with Crippen LogP contribution in [0.5, 0.6) is 0 Å². The maximum atomic E-state index is 13.1. The second-order valence-electron chi connectivity index (χ2n) is 3.92. The summed E-state index contributed by atoms with van der Waals surface area (Å²) in [5.41, 5.74) is 8.75. The fourth-order valence-electron chi connectivity index (χ4n) is 1.67. The molecule has 0 aliphatic heterocycles. The van der Waals surface area contributed by atoms with Crippen molar-refractivity contribution in [2.45, 2.75) is 13.0 Å². The number of hydrogen-bond acceptors (Lipinski definition) is 1. The van der Waals surface area contributed by atoms with Crippen LogP contribution in [0, 0.1) is 5.82 Å². The van der Waals surface area contributed by atoms with E-state index in [1.807, 2.05) is 37.3 Å². The van der Waals surface area contributed by atoms with Gasteiger partial charge in [-0.3, -0.25) is 0 Å². The Kier molecular flexibility index (Phi) is 4.67. The maximum absolute atomic E-state index is 13.1. The second kappa shape index (κ2) is 5.80. The molecule has 1 unspecified atom stereocenters. The smallest absolute Gasteiger partial charge is 0.123 e. The molecule has 0 saturated carbocycles. The third kappa shape index (κ3) is 3.29. The Bertz CT molecular complexity index is 497. The van der Waals surface area contributed by atoms with Gasteiger partial charge in [0.1, 0.15) is 5.82 Å². The van der Waals surface area contributed by atoms with Crippen molar-refractivity contribution in [3.63, 3.8) is 0 Å². The Balaban J connectivity index is 0.00000144. The van der Waals surface area contributed by atoms with E-state index in [1.54, 1.807) is 6.07 Å². The van der Waals surface area contributed by atoms with Gasteiger partial charge in [-0.05, 0) is 41.8 Å². The zero-order valence-corrected chi connectivity index (χ0v) is 10.4. The van der Waals surface area contributed by atoms with Crippen LogP contribution < -0.4 is 5.73 Å². The van der Waals surface area contributed by atoms with E-state index in [4.69, 9.17) is 5.73 Å². The van der Waals surface area contributed by atoms with Gasteiger partial charge in [-0.1, -0.05) is 30.3 Å².